The zero-order valence-corrected chi connectivity index (χ0v) is 16.6. The van der Waals surface area contributed by atoms with Gasteiger partial charge in [0.25, 0.3) is 0 Å². The SMILES string of the molecule is CCNC(=NCc1nc(-c2ccc(OC)cc2)n[nH]1)NCCN1CCOCC1. The summed E-state index contributed by atoms with van der Waals surface area (Å²) in [5.41, 5.74) is 0.933. The van der Waals surface area contributed by atoms with Gasteiger partial charge in [-0.15, -0.1) is 0 Å². The fourth-order valence-electron chi connectivity index (χ4n) is 2.89. The van der Waals surface area contributed by atoms with Gasteiger partial charge in [-0.1, -0.05) is 0 Å². The number of aromatic amines is 1. The Morgan fingerprint density at radius 1 is 1.25 bits per heavy atom. The van der Waals surface area contributed by atoms with Crippen molar-refractivity contribution in [2.75, 3.05) is 53.0 Å². The number of hydrogen-bond acceptors (Lipinski definition) is 6. The molecular formula is C19H29N7O2. The molecule has 1 aliphatic heterocycles. The molecular weight excluding hydrogens is 358 g/mol. The van der Waals surface area contributed by atoms with Gasteiger partial charge in [-0.2, -0.15) is 5.10 Å². The van der Waals surface area contributed by atoms with Crippen LogP contribution in [0.1, 0.15) is 12.7 Å². The lowest BCUT2D eigenvalue weighted by Crippen LogP contribution is -2.44. The number of aromatic nitrogens is 3. The second-order valence-electron chi connectivity index (χ2n) is 6.41. The van der Waals surface area contributed by atoms with Crippen LogP contribution in [-0.2, 0) is 11.3 Å². The molecule has 0 amide bonds. The molecule has 3 rings (SSSR count). The number of H-pyrrole nitrogens is 1. The summed E-state index contributed by atoms with van der Waals surface area (Å²) in [6, 6.07) is 7.66. The lowest BCUT2D eigenvalue weighted by Gasteiger charge is -2.26. The number of methoxy groups -OCH3 is 1. The molecule has 0 aliphatic carbocycles. The Morgan fingerprint density at radius 3 is 2.75 bits per heavy atom. The first-order valence-electron chi connectivity index (χ1n) is 9.66. The highest BCUT2D eigenvalue weighted by Crippen LogP contribution is 2.18. The largest absolute Gasteiger partial charge is 0.497 e. The molecule has 0 atom stereocenters. The van der Waals surface area contributed by atoms with E-state index >= 15 is 0 Å². The van der Waals surface area contributed by atoms with Crippen LogP contribution in [0.5, 0.6) is 5.75 Å². The van der Waals surface area contributed by atoms with Crippen molar-refractivity contribution < 1.29 is 9.47 Å². The van der Waals surface area contributed by atoms with Gasteiger partial charge in [0, 0.05) is 38.3 Å². The van der Waals surface area contributed by atoms with Gasteiger partial charge < -0.3 is 20.1 Å². The maximum Gasteiger partial charge on any atom is 0.191 e. The van der Waals surface area contributed by atoms with E-state index in [1.165, 1.54) is 0 Å². The van der Waals surface area contributed by atoms with Gasteiger partial charge in [-0.3, -0.25) is 10.00 Å². The molecule has 0 radical (unpaired) electrons. The number of benzene rings is 1. The Hall–Kier alpha value is -2.65. The van der Waals surface area contributed by atoms with Crippen LogP contribution in [0.3, 0.4) is 0 Å². The van der Waals surface area contributed by atoms with E-state index in [2.05, 4.69) is 42.6 Å². The van der Waals surface area contributed by atoms with Crippen LogP contribution in [0.15, 0.2) is 29.3 Å². The van der Waals surface area contributed by atoms with Crippen molar-refractivity contribution in [2.24, 2.45) is 4.99 Å². The first-order chi connectivity index (χ1) is 13.8. The van der Waals surface area contributed by atoms with Gasteiger partial charge in [-0.05, 0) is 31.2 Å². The summed E-state index contributed by atoms with van der Waals surface area (Å²) in [4.78, 5) is 11.5. The van der Waals surface area contributed by atoms with Crippen LogP contribution >= 0.6 is 0 Å². The molecule has 2 heterocycles. The monoisotopic (exact) mass is 387 g/mol. The third-order valence-electron chi connectivity index (χ3n) is 4.44. The lowest BCUT2D eigenvalue weighted by molar-refractivity contribution is 0.0389. The van der Waals surface area contributed by atoms with Gasteiger partial charge >= 0.3 is 0 Å². The minimum Gasteiger partial charge on any atom is -0.497 e. The molecule has 1 aromatic carbocycles. The zero-order chi connectivity index (χ0) is 19.6. The molecule has 1 aliphatic rings. The van der Waals surface area contributed by atoms with Crippen molar-refractivity contribution in [3.8, 4) is 17.1 Å². The van der Waals surface area contributed by atoms with Crippen LogP contribution in [-0.4, -0.2) is 79.1 Å². The average molecular weight is 387 g/mol. The lowest BCUT2D eigenvalue weighted by atomic mass is 10.2. The molecule has 1 fully saturated rings. The van der Waals surface area contributed by atoms with E-state index in [1.54, 1.807) is 7.11 Å². The van der Waals surface area contributed by atoms with Crippen molar-refractivity contribution in [1.29, 1.82) is 0 Å². The Balaban J connectivity index is 1.52. The molecule has 3 N–H and O–H groups in total. The number of rotatable bonds is 8. The fourth-order valence-corrected chi connectivity index (χ4v) is 2.89. The molecule has 9 heteroatoms. The van der Waals surface area contributed by atoms with Crippen molar-refractivity contribution in [2.45, 2.75) is 13.5 Å². The van der Waals surface area contributed by atoms with Crippen molar-refractivity contribution >= 4 is 5.96 Å². The summed E-state index contributed by atoms with van der Waals surface area (Å²) < 4.78 is 10.6. The van der Waals surface area contributed by atoms with Gasteiger partial charge in [0.05, 0.1) is 20.3 Å². The summed E-state index contributed by atoms with van der Waals surface area (Å²) in [5, 5.41) is 13.9. The molecule has 1 aromatic heterocycles. The summed E-state index contributed by atoms with van der Waals surface area (Å²) >= 11 is 0. The van der Waals surface area contributed by atoms with Crippen LogP contribution in [0.2, 0.25) is 0 Å². The number of guanidine groups is 1. The number of hydrogen-bond donors (Lipinski definition) is 3. The number of nitrogens with zero attached hydrogens (tertiary/aromatic N) is 4. The summed E-state index contributed by atoms with van der Waals surface area (Å²) in [6.45, 7) is 8.69. The topological polar surface area (TPSA) is 99.7 Å². The number of nitrogens with one attached hydrogen (secondary N) is 3. The molecule has 0 bridgehead atoms. The highest BCUT2D eigenvalue weighted by Gasteiger charge is 2.10. The van der Waals surface area contributed by atoms with E-state index in [-0.39, 0.29) is 0 Å². The van der Waals surface area contributed by atoms with Gasteiger partial charge in [0.1, 0.15) is 18.1 Å². The van der Waals surface area contributed by atoms with Crippen molar-refractivity contribution in [3.05, 3.63) is 30.1 Å². The van der Waals surface area contributed by atoms with E-state index in [9.17, 15) is 0 Å². The average Bonchev–Trinajstić information content (AvgIpc) is 3.22. The highest BCUT2D eigenvalue weighted by atomic mass is 16.5. The standard InChI is InChI=1S/C19H29N7O2/c1-3-20-19(21-8-9-26-10-12-28-13-11-26)22-14-17-23-18(25-24-17)15-4-6-16(27-2)7-5-15/h4-7H,3,8-14H2,1-2H3,(H2,20,21,22)(H,23,24,25). The zero-order valence-electron chi connectivity index (χ0n) is 16.6. The second kappa shape index (κ2) is 10.6. The first-order valence-corrected chi connectivity index (χ1v) is 9.66. The summed E-state index contributed by atoms with van der Waals surface area (Å²) in [5.74, 6) is 2.95. The third-order valence-corrected chi connectivity index (χ3v) is 4.44. The third kappa shape index (κ3) is 5.93. The number of ether oxygens (including phenoxy) is 2. The van der Waals surface area contributed by atoms with E-state index < -0.39 is 0 Å². The maximum absolute atomic E-state index is 5.38. The summed E-state index contributed by atoms with van der Waals surface area (Å²) in [7, 11) is 1.65. The quantitative estimate of drug-likeness (QED) is 0.456. The molecule has 152 valence electrons. The fraction of sp³-hybridized carbons (Fsp3) is 0.526. The first kappa shape index (κ1) is 20.1. The molecule has 1 saturated heterocycles. The van der Waals surface area contributed by atoms with E-state index in [4.69, 9.17) is 9.47 Å². The van der Waals surface area contributed by atoms with E-state index in [1.807, 2.05) is 24.3 Å². The van der Waals surface area contributed by atoms with Crippen LogP contribution in [0.25, 0.3) is 11.4 Å². The normalized spacial score (nSPS) is 15.4. The van der Waals surface area contributed by atoms with Gasteiger partial charge in [0.2, 0.25) is 0 Å². The molecule has 0 saturated carbocycles. The van der Waals surface area contributed by atoms with Crippen molar-refractivity contribution in [3.63, 3.8) is 0 Å². The minimum absolute atomic E-state index is 0.427. The Labute approximate surface area is 165 Å². The molecule has 28 heavy (non-hydrogen) atoms. The van der Waals surface area contributed by atoms with Gasteiger partial charge in [0.15, 0.2) is 11.8 Å². The predicted molar refractivity (Wildman–Crippen MR) is 108 cm³/mol. The van der Waals surface area contributed by atoms with Crippen LogP contribution in [0, 0.1) is 0 Å². The number of morpholine rings is 1. The minimum atomic E-state index is 0.427. The maximum atomic E-state index is 5.38. The molecule has 9 nitrogen and oxygen atoms in total. The molecule has 0 spiro atoms. The summed E-state index contributed by atoms with van der Waals surface area (Å²) in [6.07, 6.45) is 0. The van der Waals surface area contributed by atoms with Crippen LogP contribution < -0.4 is 15.4 Å². The van der Waals surface area contributed by atoms with Crippen LogP contribution in [0.4, 0.5) is 0 Å². The van der Waals surface area contributed by atoms with E-state index in [0.29, 0.717) is 12.4 Å². The Kier molecular flexibility index (Phi) is 7.62. The smallest absolute Gasteiger partial charge is 0.191 e. The highest BCUT2D eigenvalue weighted by molar-refractivity contribution is 5.79. The van der Waals surface area contributed by atoms with Gasteiger partial charge in [-0.25, -0.2) is 9.98 Å². The molecule has 0 unspecified atom stereocenters. The Bertz CT molecular complexity index is 739. The predicted octanol–water partition coefficient (Wildman–Crippen LogP) is 0.868. The number of aliphatic imine (C=N–C) groups is 1. The van der Waals surface area contributed by atoms with Crippen molar-refractivity contribution in [1.82, 2.24) is 30.7 Å². The Morgan fingerprint density at radius 2 is 2.04 bits per heavy atom. The second-order valence-corrected chi connectivity index (χ2v) is 6.41. The molecule has 2 aromatic rings. The van der Waals surface area contributed by atoms with E-state index in [0.717, 1.165) is 69.0 Å².